The van der Waals surface area contributed by atoms with Crippen molar-refractivity contribution >= 4 is 0 Å². The molecule has 0 unspecified atom stereocenters. The van der Waals surface area contributed by atoms with Crippen LogP contribution in [0.4, 0.5) is 0 Å². The Morgan fingerprint density at radius 2 is 2.16 bits per heavy atom. The first-order chi connectivity index (χ1) is 9.13. The van der Waals surface area contributed by atoms with Crippen molar-refractivity contribution in [3.8, 4) is 5.75 Å². The summed E-state index contributed by atoms with van der Waals surface area (Å²) >= 11 is 0. The second-order valence-electron chi connectivity index (χ2n) is 5.91. The Kier molecular flexibility index (Phi) is 4.83. The Bertz CT molecular complexity index is 415. The molecule has 0 saturated heterocycles. The van der Waals surface area contributed by atoms with Crippen molar-refractivity contribution in [1.82, 2.24) is 5.32 Å². The maximum absolute atomic E-state index is 8.75. The molecule has 0 atom stereocenters. The fourth-order valence-corrected chi connectivity index (χ4v) is 2.47. The fourth-order valence-electron chi connectivity index (χ4n) is 2.47. The summed E-state index contributed by atoms with van der Waals surface area (Å²) in [5.41, 5.74) is 2.83. The van der Waals surface area contributed by atoms with Crippen molar-refractivity contribution in [3.63, 3.8) is 0 Å². The zero-order valence-electron chi connectivity index (χ0n) is 12.0. The Balaban J connectivity index is 1.91. The molecule has 0 amide bonds. The number of ether oxygens (including phenoxy) is 1. The van der Waals surface area contributed by atoms with Crippen molar-refractivity contribution in [2.24, 2.45) is 0 Å². The molecule has 1 aliphatic rings. The highest BCUT2D eigenvalue weighted by atomic mass is 16.5. The minimum Gasteiger partial charge on any atom is -0.493 e. The van der Waals surface area contributed by atoms with Crippen LogP contribution in [-0.4, -0.2) is 31.4 Å². The van der Waals surface area contributed by atoms with E-state index in [2.05, 4.69) is 37.4 Å². The van der Waals surface area contributed by atoms with Gasteiger partial charge in [-0.3, -0.25) is 0 Å². The van der Waals surface area contributed by atoms with Crippen molar-refractivity contribution in [3.05, 3.63) is 29.3 Å². The monoisotopic (exact) mass is 263 g/mol. The van der Waals surface area contributed by atoms with Crippen LogP contribution in [0.25, 0.3) is 0 Å². The SMILES string of the molecule is CC(C)(CNCCCCO)c1ccc2c(c1)CCO2. The average molecular weight is 263 g/mol. The third-order valence-corrected chi connectivity index (χ3v) is 3.80. The van der Waals surface area contributed by atoms with E-state index < -0.39 is 0 Å². The third-order valence-electron chi connectivity index (χ3n) is 3.80. The van der Waals surface area contributed by atoms with Crippen molar-refractivity contribution in [2.75, 3.05) is 26.3 Å². The molecule has 0 bridgehead atoms. The minimum atomic E-state index is 0.122. The van der Waals surface area contributed by atoms with Gasteiger partial charge in [-0.05, 0) is 36.6 Å². The predicted octanol–water partition coefficient (Wildman–Crippen LogP) is 2.26. The number of benzene rings is 1. The average Bonchev–Trinajstić information content (AvgIpc) is 2.85. The van der Waals surface area contributed by atoms with Crippen LogP contribution in [0, 0.1) is 0 Å². The molecule has 0 aromatic heterocycles. The summed E-state index contributed by atoms with van der Waals surface area (Å²) in [6.07, 6.45) is 2.94. The van der Waals surface area contributed by atoms with Gasteiger partial charge in [-0.25, -0.2) is 0 Å². The molecule has 0 radical (unpaired) electrons. The van der Waals surface area contributed by atoms with Crippen LogP contribution in [0.5, 0.6) is 5.75 Å². The van der Waals surface area contributed by atoms with Gasteiger partial charge in [-0.15, -0.1) is 0 Å². The number of unbranched alkanes of at least 4 members (excludes halogenated alkanes) is 1. The summed E-state index contributed by atoms with van der Waals surface area (Å²) in [5, 5.41) is 12.2. The van der Waals surface area contributed by atoms with E-state index in [9.17, 15) is 0 Å². The van der Waals surface area contributed by atoms with E-state index in [-0.39, 0.29) is 12.0 Å². The summed E-state index contributed by atoms with van der Waals surface area (Å²) in [6.45, 7) is 7.57. The predicted molar refractivity (Wildman–Crippen MR) is 77.9 cm³/mol. The van der Waals surface area contributed by atoms with E-state index in [0.29, 0.717) is 0 Å². The highest BCUT2D eigenvalue weighted by Crippen LogP contribution is 2.31. The number of aliphatic hydroxyl groups excluding tert-OH is 1. The fraction of sp³-hybridized carbons (Fsp3) is 0.625. The van der Waals surface area contributed by atoms with E-state index in [4.69, 9.17) is 9.84 Å². The van der Waals surface area contributed by atoms with Gasteiger partial charge in [0.05, 0.1) is 6.61 Å². The van der Waals surface area contributed by atoms with Crippen LogP contribution in [0.1, 0.15) is 37.8 Å². The molecule has 1 aromatic rings. The first-order valence-corrected chi connectivity index (χ1v) is 7.21. The van der Waals surface area contributed by atoms with Gasteiger partial charge in [0.1, 0.15) is 5.75 Å². The van der Waals surface area contributed by atoms with Crippen LogP contribution < -0.4 is 10.1 Å². The third kappa shape index (κ3) is 3.71. The van der Waals surface area contributed by atoms with E-state index in [1.165, 1.54) is 11.1 Å². The van der Waals surface area contributed by atoms with Crippen LogP contribution >= 0.6 is 0 Å². The van der Waals surface area contributed by atoms with Gasteiger partial charge in [0.2, 0.25) is 0 Å². The first-order valence-electron chi connectivity index (χ1n) is 7.21. The molecule has 3 heteroatoms. The highest BCUT2D eigenvalue weighted by molar-refractivity contribution is 5.42. The molecular weight excluding hydrogens is 238 g/mol. The lowest BCUT2D eigenvalue weighted by atomic mass is 9.83. The smallest absolute Gasteiger partial charge is 0.122 e. The zero-order chi connectivity index (χ0) is 13.7. The molecular formula is C16H25NO2. The molecule has 2 N–H and O–H groups in total. The van der Waals surface area contributed by atoms with Gasteiger partial charge >= 0.3 is 0 Å². The topological polar surface area (TPSA) is 41.5 Å². The Morgan fingerprint density at radius 3 is 2.95 bits per heavy atom. The summed E-state index contributed by atoms with van der Waals surface area (Å²) in [6, 6.07) is 6.57. The summed E-state index contributed by atoms with van der Waals surface area (Å²) < 4.78 is 5.55. The number of hydrogen-bond donors (Lipinski definition) is 2. The molecule has 2 rings (SSSR count). The van der Waals surface area contributed by atoms with Crippen LogP contribution in [0.3, 0.4) is 0 Å². The van der Waals surface area contributed by atoms with Gasteiger partial charge < -0.3 is 15.2 Å². The normalized spacial score (nSPS) is 14.3. The molecule has 1 aliphatic heterocycles. The number of nitrogens with one attached hydrogen (secondary N) is 1. The Hall–Kier alpha value is -1.06. The van der Waals surface area contributed by atoms with Crippen molar-refractivity contribution in [2.45, 2.75) is 38.5 Å². The molecule has 1 aromatic carbocycles. The zero-order valence-corrected chi connectivity index (χ0v) is 12.0. The van der Waals surface area contributed by atoms with Gasteiger partial charge in [0.15, 0.2) is 0 Å². The maximum Gasteiger partial charge on any atom is 0.122 e. The molecule has 0 fully saturated rings. The standard InChI is InChI=1S/C16H25NO2/c1-16(2,12-17-8-3-4-9-18)14-5-6-15-13(11-14)7-10-19-15/h5-6,11,17-18H,3-4,7-10,12H2,1-2H3. The number of aliphatic hydroxyl groups is 1. The van der Waals surface area contributed by atoms with Crippen LogP contribution in [0.2, 0.25) is 0 Å². The van der Waals surface area contributed by atoms with Gasteiger partial charge in [0, 0.05) is 25.0 Å². The molecule has 0 spiro atoms. The molecule has 0 aliphatic carbocycles. The number of hydrogen-bond acceptors (Lipinski definition) is 3. The highest BCUT2D eigenvalue weighted by Gasteiger charge is 2.22. The van der Waals surface area contributed by atoms with Gasteiger partial charge in [0.25, 0.3) is 0 Å². The lowest BCUT2D eigenvalue weighted by Gasteiger charge is -2.26. The second-order valence-corrected chi connectivity index (χ2v) is 5.91. The summed E-state index contributed by atoms with van der Waals surface area (Å²) in [4.78, 5) is 0. The molecule has 106 valence electrons. The molecule has 19 heavy (non-hydrogen) atoms. The minimum absolute atomic E-state index is 0.122. The quantitative estimate of drug-likeness (QED) is 0.741. The lowest BCUT2D eigenvalue weighted by molar-refractivity contribution is 0.283. The first kappa shape index (κ1) is 14.4. The van der Waals surface area contributed by atoms with Gasteiger partial charge in [-0.2, -0.15) is 0 Å². The Labute approximate surface area is 116 Å². The van der Waals surface area contributed by atoms with Crippen LogP contribution in [0.15, 0.2) is 18.2 Å². The number of rotatable bonds is 7. The maximum atomic E-state index is 8.75. The molecule has 1 heterocycles. The van der Waals surface area contributed by atoms with E-state index in [0.717, 1.165) is 44.7 Å². The molecule has 0 saturated carbocycles. The van der Waals surface area contributed by atoms with Gasteiger partial charge in [-0.1, -0.05) is 26.0 Å². The van der Waals surface area contributed by atoms with Crippen molar-refractivity contribution in [1.29, 1.82) is 0 Å². The van der Waals surface area contributed by atoms with Crippen LogP contribution in [-0.2, 0) is 11.8 Å². The van der Waals surface area contributed by atoms with Crippen molar-refractivity contribution < 1.29 is 9.84 Å². The summed E-state index contributed by atoms with van der Waals surface area (Å²) in [5.74, 6) is 1.05. The Morgan fingerprint density at radius 1 is 1.32 bits per heavy atom. The van der Waals surface area contributed by atoms with E-state index in [1.54, 1.807) is 0 Å². The molecule has 3 nitrogen and oxygen atoms in total. The second kappa shape index (κ2) is 6.40. The van der Waals surface area contributed by atoms with E-state index >= 15 is 0 Å². The largest absolute Gasteiger partial charge is 0.493 e. The summed E-state index contributed by atoms with van der Waals surface area (Å²) in [7, 11) is 0. The van der Waals surface area contributed by atoms with E-state index in [1.807, 2.05) is 0 Å². The number of fused-ring (bicyclic) bond motifs is 1. The lowest BCUT2D eigenvalue weighted by Crippen LogP contribution is -2.33.